The quantitative estimate of drug-likeness (QED) is 0.209. The number of carbonyl (C=O) groups is 1. The number of nitrogens with one attached hydrogen (secondary N) is 2. The Hall–Kier alpha value is -1.59. The Labute approximate surface area is 208 Å². The van der Waals surface area contributed by atoms with E-state index in [9.17, 15) is 4.79 Å². The molecule has 2 aliphatic rings. The zero-order valence-electron chi connectivity index (χ0n) is 19.2. The summed E-state index contributed by atoms with van der Waals surface area (Å²) in [5.74, 6) is 2.12. The number of fused-ring (bicyclic) bond motifs is 1. The van der Waals surface area contributed by atoms with Gasteiger partial charge < -0.3 is 29.7 Å². The lowest BCUT2D eigenvalue weighted by Gasteiger charge is -2.28. The Morgan fingerprint density at radius 3 is 2.75 bits per heavy atom. The fourth-order valence-corrected chi connectivity index (χ4v) is 3.64. The largest absolute Gasteiger partial charge is 0.493 e. The van der Waals surface area contributed by atoms with Crippen molar-refractivity contribution in [3.05, 3.63) is 29.8 Å². The number of amides is 1. The van der Waals surface area contributed by atoms with Gasteiger partial charge in [0.15, 0.2) is 5.96 Å². The molecule has 1 saturated heterocycles. The summed E-state index contributed by atoms with van der Waals surface area (Å²) in [6.45, 7) is 4.68. The molecule has 0 spiro atoms. The van der Waals surface area contributed by atoms with Crippen LogP contribution in [0.3, 0.4) is 0 Å². The lowest BCUT2D eigenvalue weighted by molar-refractivity contribution is -0.127. The van der Waals surface area contributed by atoms with Crippen molar-refractivity contribution in [2.45, 2.75) is 31.7 Å². The lowest BCUT2D eigenvalue weighted by atomic mass is 10.0. The van der Waals surface area contributed by atoms with E-state index in [4.69, 9.17) is 14.2 Å². The van der Waals surface area contributed by atoms with Crippen molar-refractivity contribution >= 4 is 35.8 Å². The molecule has 180 valence electrons. The van der Waals surface area contributed by atoms with Gasteiger partial charge in [0.1, 0.15) is 12.3 Å². The number of aliphatic imine (C=N–C) groups is 1. The molecular formula is C23H37IN4O4. The molecule has 3 rings (SSSR count). The third kappa shape index (κ3) is 8.74. The second-order valence-corrected chi connectivity index (χ2v) is 8.24. The molecule has 2 heterocycles. The van der Waals surface area contributed by atoms with Crippen molar-refractivity contribution in [2.75, 3.05) is 60.2 Å². The van der Waals surface area contributed by atoms with E-state index < -0.39 is 0 Å². The van der Waals surface area contributed by atoms with E-state index in [-0.39, 0.29) is 42.5 Å². The third-order valence-electron chi connectivity index (χ3n) is 5.59. The molecule has 1 amide bonds. The van der Waals surface area contributed by atoms with Crippen molar-refractivity contribution in [3.8, 4) is 5.75 Å². The normalized spacial score (nSPS) is 18.7. The summed E-state index contributed by atoms with van der Waals surface area (Å²) in [5, 5.41) is 6.84. The van der Waals surface area contributed by atoms with Gasteiger partial charge in [0.25, 0.3) is 0 Å². The minimum Gasteiger partial charge on any atom is -0.493 e. The summed E-state index contributed by atoms with van der Waals surface area (Å²) < 4.78 is 17.0. The molecular weight excluding hydrogens is 523 g/mol. The highest BCUT2D eigenvalue weighted by atomic mass is 127. The molecule has 1 fully saturated rings. The molecule has 1 aromatic rings. The van der Waals surface area contributed by atoms with Gasteiger partial charge in [0.05, 0.1) is 12.6 Å². The van der Waals surface area contributed by atoms with Crippen LogP contribution in [0.1, 0.15) is 37.3 Å². The summed E-state index contributed by atoms with van der Waals surface area (Å²) in [6, 6.07) is 8.13. The van der Waals surface area contributed by atoms with E-state index in [1.165, 1.54) is 0 Å². The van der Waals surface area contributed by atoms with Gasteiger partial charge in [-0.25, -0.2) is 4.99 Å². The Kier molecular flexibility index (Phi) is 12.1. The number of rotatable bonds is 9. The van der Waals surface area contributed by atoms with Gasteiger partial charge in [-0.2, -0.15) is 0 Å². The molecule has 1 unspecified atom stereocenters. The van der Waals surface area contributed by atoms with Gasteiger partial charge in [0, 0.05) is 59.1 Å². The van der Waals surface area contributed by atoms with Crippen LogP contribution in [-0.4, -0.2) is 77.0 Å². The molecule has 2 aliphatic heterocycles. The minimum atomic E-state index is -0.0340. The highest BCUT2D eigenvalue weighted by Gasteiger charge is 2.22. The molecule has 2 N–H and O–H groups in total. The number of benzene rings is 1. The third-order valence-corrected chi connectivity index (χ3v) is 5.59. The first-order valence-electron chi connectivity index (χ1n) is 11.3. The first-order valence-corrected chi connectivity index (χ1v) is 11.3. The van der Waals surface area contributed by atoms with Crippen LogP contribution >= 0.6 is 24.0 Å². The van der Waals surface area contributed by atoms with E-state index in [0.29, 0.717) is 25.1 Å². The number of carbonyl (C=O) groups excluding carboxylic acids is 1. The molecule has 9 heteroatoms. The Morgan fingerprint density at radius 1 is 1.19 bits per heavy atom. The lowest BCUT2D eigenvalue weighted by Crippen LogP contribution is -2.42. The van der Waals surface area contributed by atoms with E-state index in [0.717, 1.165) is 63.4 Å². The van der Waals surface area contributed by atoms with Crippen LogP contribution in [-0.2, 0) is 14.3 Å². The average molecular weight is 560 g/mol. The fraction of sp³-hybridized carbons (Fsp3) is 0.652. The summed E-state index contributed by atoms with van der Waals surface area (Å²) in [4.78, 5) is 18.1. The van der Waals surface area contributed by atoms with Crippen LogP contribution in [0.25, 0.3) is 0 Å². The van der Waals surface area contributed by atoms with Crippen LogP contribution in [0.15, 0.2) is 29.3 Å². The van der Waals surface area contributed by atoms with Gasteiger partial charge in [-0.15, -0.1) is 24.0 Å². The van der Waals surface area contributed by atoms with Crippen molar-refractivity contribution in [2.24, 2.45) is 10.9 Å². The number of nitrogens with zero attached hydrogens (tertiary/aromatic N) is 2. The molecule has 0 aromatic heterocycles. The maximum atomic E-state index is 12.0. The van der Waals surface area contributed by atoms with Crippen LogP contribution in [0.5, 0.6) is 5.75 Å². The number of ether oxygens (including phenoxy) is 3. The number of likely N-dealkylation sites (N-methyl/N-ethyl adjacent to an activating group) is 1. The average Bonchev–Trinajstić information content (AvgIpc) is 2.80. The van der Waals surface area contributed by atoms with E-state index in [2.05, 4.69) is 21.7 Å². The monoisotopic (exact) mass is 560 g/mol. The highest BCUT2D eigenvalue weighted by molar-refractivity contribution is 14.0. The number of para-hydroxylation sites is 1. The van der Waals surface area contributed by atoms with Crippen LogP contribution in [0, 0.1) is 5.92 Å². The van der Waals surface area contributed by atoms with Gasteiger partial charge in [-0.1, -0.05) is 18.2 Å². The molecule has 32 heavy (non-hydrogen) atoms. The summed E-state index contributed by atoms with van der Waals surface area (Å²) in [6.07, 6.45) is 3.89. The summed E-state index contributed by atoms with van der Waals surface area (Å²) >= 11 is 0. The smallest absolute Gasteiger partial charge is 0.243 e. The predicted molar refractivity (Wildman–Crippen MR) is 136 cm³/mol. The van der Waals surface area contributed by atoms with Crippen LogP contribution in [0.4, 0.5) is 0 Å². The fourth-order valence-electron chi connectivity index (χ4n) is 3.64. The Morgan fingerprint density at radius 2 is 1.97 bits per heavy atom. The van der Waals surface area contributed by atoms with Crippen molar-refractivity contribution < 1.29 is 19.0 Å². The van der Waals surface area contributed by atoms with E-state index >= 15 is 0 Å². The maximum Gasteiger partial charge on any atom is 0.243 e. The van der Waals surface area contributed by atoms with E-state index in [1.807, 2.05) is 18.2 Å². The maximum absolute atomic E-state index is 12.0. The van der Waals surface area contributed by atoms with Crippen molar-refractivity contribution in [3.63, 3.8) is 0 Å². The van der Waals surface area contributed by atoms with Gasteiger partial charge >= 0.3 is 0 Å². The first-order chi connectivity index (χ1) is 15.1. The second-order valence-electron chi connectivity index (χ2n) is 8.24. The topological polar surface area (TPSA) is 84.4 Å². The summed E-state index contributed by atoms with van der Waals surface area (Å²) in [5.41, 5.74) is 1.11. The number of halogens is 1. The van der Waals surface area contributed by atoms with Crippen molar-refractivity contribution in [1.82, 2.24) is 15.5 Å². The van der Waals surface area contributed by atoms with E-state index in [1.54, 1.807) is 19.0 Å². The number of hydrogen-bond acceptors (Lipinski definition) is 5. The molecule has 0 radical (unpaired) electrons. The van der Waals surface area contributed by atoms with Crippen LogP contribution in [0.2, 0.25) is 0 Å². The minimum absolute atomic E-state index is 0. The Bertz CT molecular complexity index is 726. The molecule has 8 nitrogen and oxygen atoms in total. The number of hydrogen-bond donors (Lipinski definition) is 2. The predicted octanol–water partition coefficient (Wildman–Crippen LogP) is 2.58. The molecule has 0 saturated carbocycles. The highest BCUT2D eigenvalue weighted by Crippen LogP contribution is 2.31. The van der Waals surface area contributed by atoms with Crippen molar-refractivity contribution in [1.29, 1.82) is 0 Å². The molecule has 1 atom stereocenters. The zero-order valence-corrected chi connectivity index (χ0v) is 21.5. The zero-order chi connectivity index (χ0) is 21.9. The summed E-state index contributed by atoms with van der Waals surface area (Å²) in [7, 11) is 3.48. The van der Waals surface area contributed by atoms with Crippen LogP contribution < -0.4 is 15.4 Å². The standard InChI is InChI=1S/C23H36N4O4.HI/c1-27(2)22(28)16-25-23(24-11-5-12-30-17-18-8-13-29-14-9-18)26-20-10-15-31-21-7-4-3-6-19(20)21;/h3-4,6-7,18,20H,5,8-17H2,1-2H3,(H2,24,25,26);1H. The Balaban J connectivity index is 0.00000363. The van der Waals surface area contributed by atoms with Gasteiger partial charge in [-0.05, 0) is 31.2 Å². The number of guanidine groups is 1. The molecule has 1 aromatic carbocycles. The van der Waals surface area contributed by atoms with Gasteiger partial charge in [-0.3, -0.25) is 4.79 Å². The molecule has 0 bridgehead atoms. The SMILES string of the molecule is CN(C)C(=O)CN=C(NCCCOCC1CCOCC1)NC1CCOc2ccccc21.I. The van der Waals surface area contributed by atoms with Gasteiger partial charge in [0.2, 0.25) is 5.91 Å². The first kappa shape index (κ1) is 26.7. The molecule has 0 aliphatic carbocycles. The second kappa shape index (κ2) is 14.5.